The quantitative estimate of drug-likeness (QED) is 0.280. The lowest BCUT2D eigenvalue weighted by Gasteiger charge is -1.99. The van der Waals surface area contributed by atoms with Crippen LogP contribution in [0.25, 0.3) is 0 Å². The molecule has 0 atom stereocenters. The topological polar surface area (TPSA) is 75.6 Å². The third-order valence-electron chi connectivity index (χ3n) is 2.09. The standard InChI is InChI=1S/C13H12FNO4/c1-19-13(18)11(12(16)17)3-2-8-15-10-6-4-9(14)5-7-10/h2-8,15H,1H3,(H,16,17)/b8-2+,11-3+. The summed E-state index contributed by atoms with van der Waals surface area (Å²) < 4.78 is 16.9. The van der Waals surface area contributed by atoms with Gasteiger partial charge in [-0.25, -0.2) is 14.0 Å². The number of anilines is 1. The minimum Gasteiger partial charge on any atom is -0.477 e. The van der Waals surface area contributed by atoms with Gasteiger partial charge >= 0.3 is 11.9 Å². The number of carboxylic acids is 1. The van der Waals surface area contributed by atoms with Crippen molar-refractivity contribution in [3.8, 4) is 0 Å². The van der Waals surface area contributed by atoms with Crippen LogP contribution in [0.3, 0.4) is 0 Å². The first kappa shape index (κ1) is 14.4. The molecule has 0 aliphatic heterocycles. The van der Waals surface area contributed by atoms with E-state index in [-0.39, 0.29) is 5.82 Å². The lowest BCUT2D eigenvalue weighted by Crippen LogP contribution is -2.13. The maximum Gasteiger partial charge on any atom is 0.345 e. The highest BCUT2D eigenvalue weighted by Crippen LogP contribution is 2.08. The van der Waals surface area contributed by atoms with Crippen molar-refractivity contribution >= 4 is 17.6 Å². The number of aliphatic carboxylic acids is 1. The van der Waals surface area contributed by atoms with Crippen LogP contribution in [-0.4, -0.2) is 24.2 Å². The molecule has 0 saturated heterocycles. The second-order valence-corrected chi connectivity index (χ2v) is 3.39. The van der Waals surface area contributed by atoms with E-state index >= 15 is 0 Å². The number of carbonyl (C=O) groups excluding carboxylic acids is 1. The highest BCUT2D eigenvalue weighted by Gasteiger charge is 2.16. The molecular weight excluding hydrogens is 253 g/mol. The number of hydrogen-bond donors (Lipinski definition) is 2. The van der Waals surface area contributed by atoms with Gasteiger partial charge in [-0.2, -0.15) is 0 Å². The van der Waals surface area contributed by atoms with Gasteiger partial charge in [0.05, 0.1) is 7.11 Å². The number of carboxylic acid groups (broad SMARTS) is 1. The van der Waals surface area contributed by atoms with E-state index in [0.29, 0.717) is 5.69 Å². The van der Waals surface area contributed by atoms with Crippen LogP contribution in [0, 0.1) is 5.82 Å². The van der Waals surface area contributed by atoms with Crippen LogP contribution in [0.5, 0.6) is 0 Å². The molecule has 0 radical (unpaired) electrons. The van der Waals surface area contributed by atoms with Gasteiger partial charge in [-0.1, -0.05) is 0 Å². The maximum absolute atomic E-state index is 12.6. The lowest BCUT2D eigenvalue weighted by molar-refractivity contribution is -0.142. The fraction of sp³-hybridized carbons (Fsp3) is 0.0769. The summed E-state index contributed by atoms with van der Waals surface area (Å²) >= 11 is 0. The number of benzene rings is 1. The normalized spacial score (nSPS) is 11.4. The molecule has 0 aliphatic carbocycles. The molecule has 1 rings (SSSR count). The average Bonchev–Trinajstić information content (AvgIpc) is 2.39. The van der Waals surface area contributed by atoms with Gasteiger partial charge in [0.15, 0.2) is 0 Å². The Balaban J connectivity index is 2.67. The van der Waals surface area contributed by atoms with Crippen molar-refractivity contribution in [2.75, 3.05) is 12.4 Å². The monoisotopic (exact) mass is 265 g/mol. The molecule has 0 fully saturated rings. The lowest BCUT2D eigenvalue weighted by atomic mass is 10.2. The highest BCUT2D eigenvalue weighted by atomic mass is 19.1. The Morgan fingerprint density at radius 3 is 2.47 bits per heavy atom. The summed E-state index contributed by atoms with van der Waals surface area (Å²) in [7, 11) is 1.10. The van der Waals surface area contributed by atoms with Crippen molar-refractivity contribution in [1.82, 2.24) is 0 Å². The molecule has 0 unspecified atom stereocenters. The van der Waals surface area contributed by atoms with Crippen molar-refractivity contribution in [3.63, 3.8) is 0 Å². The minimum absolute atomic E-state index is 0.353. The van der Waals surface area contributed by atoms with Crippen LogP contribution in [0.1, 0.15) is 0 Å². The molecule has 0 heterocycles. The van der Waals surface area contributed by atoms with E-state index in [1.807, 2.05) is 0 Å². The molecule has 100 valence electrons. The maximum atomic E-state index is 12.6. The molecule has 6 heteroatoms. The minimum atomic E-state index is -1.38. The van der Waals surface area contributed by atoms with E-state index in [1.165, 1.54) is 36.5 Å². The Labute approximate surface area is 109 Å². The van der Waals surface area contributed by atoms with Crippen LogP contribution in [0.4, 0.5) is 10.1 Å². The predicted octanol–water partition coefficient (Wildman–Crippen LogP) is 1.94. The molecule has 0 spiro atoms. The average molecular weight is 265 g/mol. The number of nitrogens with one attached hydrogen (secondary N) is 1. The zero-order valence-electron chi connectivity index (χ0n) is 10.1. The molecule has 0 amide bonds. The Kier molecular flexibility index (Phi) is 5.28. The van der Waals surface area contributed by atoms with Crippen molar-refractivity contribution in [2.45, 2.75) is 0 Å². The number of methoxy groups -OCH3 is 1. The number of allylic oxidation sites excluding steroid dienone is 2. The van der Waals surface area contributed by atoms with E-state index in [0.717, 1.165) is 13.2 Å². The Bertz CT molecular complexity index is 520. The van der Waals surface area contributed by atoms with E-state index in [4.69, 9.17) is 5.11 Å². The van der Waals surface area contributed by atoms with Gasteiger partial charge < -0.3 is 15.2 Å². The summed E-state index contributed by atoms with van der Waals surface area (Å²) in [4.78, 5) is 21.8. The van der Waals surface area contributed by atoms with Crippen molar-refractivity contribution in [2.24, 2.45) is 0 Å². The molecule has 2 N–H and O–H groups in total. The molecule has 1 aromatic rings. The zero-order valence-corrected chi connectivity index (χ0v) is 10.1. The van der Waals surface area contributed by atoms with Crippen LogP contribution in [0.2, 0.25) is 0 Å². The number of carbonyl (C=O) groups is 2. The van der Waals surface area contributed by atoms with Crippen molar-refractivity contribution < 1.29 is 23.8 Å². The SMILES string of the molecule is COC(=O)/C(=C/C=C/Nc1ccc(F)cc1)C(=O)O. The number of esters is 1. The molecule has 0 saturated carbocycles. The van der Waals surface area contributed by atoms with Crippen LogP contribution < -0.4 is 5.32 Å². The molecule has 1 aromatic carbocycles. The van der Waals surface area contributed by atoms with Crippen LogP contribution in [-0.2, 0) is 14.3 Å². The van der Waals surface area contributed by atoms with Crippen LogP contribution in [0.15, 0.2) is 48.2 Å². The van der Waals surface area contributed by atoms with Gasteiger partial charge in [0.1, 0.15) is 11.4 Å². The summed E-state index contributed by atoms with van der Waals surface area (Å²) in [5.74, 6) is -2.66. The van der Waals surface area contributed by atoms with Gasteiger partial charge in [-0.15, -0.1) is 0 Å². The van der Waals surface area contributed by atoms with Gasteiger partial charge in [-0.3, -0.25) is 0 Å². The fourth-order valence-corrected chi connectivity index (χ4v) is 1.17. The van der Waals surface area contributed by atoms with Gasteiger partial charge in [0.25, 0.3) is 0 Å². The summed E-state index contributed by atoms with van der Waals surface area (Å²) in [5, 5.41) is 11.5. The van der Waals surface area contributed by atoms with E-state index in [9.17, 15) is 14.0 Å². The smallest absolute Gasteiger partial charge is 0.345 e. The fourth-order valence-electron chi connectivity index (χ4n) is 1.17. The molecule has 0 bridgehead atoms. The molecule has 0 aliphatic rings. The second kappa shape index (κ2) is 6.95. The summed E-state index contributed by atoms with van der Waals surface area (Å²) in [6.07, 6.45) is 3.85. The van der Waals surface area contributed by atoms with Crippen LogP contribution >= 0.6 is 0 Å². The van der Waals surface area contributed by atoms with Crippen molar-refractivity contribution in [3.05, 3.63) is 54.0 Å². The van der Waals surface area contributed by atoms with E-state index < -0.39 is 17.5 Å². The van der Waals surface area contributed by atoms with Gasteiger partial charge in [0, 0.05) is 11.9 Å². The third-order valence-corrected chi connectivity index (χ3v) is 2.09. The first-order chi connectivity index (χ1) is 9.04. The Morgan fingerprint density at radius 2 is 1.95 bits per heavy atom. The van der Waals surface area contributed by atoms with E-state index in [2.05, 4.69) is 10.1 Å². The predicted molar refractivity (Wildman–Crippen MR) is 66.9 cm³/mol. The third kappa shape index (κ3) is 4.63. The summed E-state index contributed by atoms with van der Waals surface area (Å²) in [6.45, 7) is 0. The largest absolute Gasteiger partial charge is 0.477 e. The number of rotatable bonds is 5. The summed E-state index contributed by atoms with van der Waals surface area (Å²) in [5.41, 5.74) is 0.139. The first-order valence-electron chi connectivity index (χ1n) is 5.25. The first-order valence-corrected chi connectivity index (χ1v) is 5.25. The Hall–Kier alpha value is -2.63. The van der Waals surface area contributed by atoms with Gasteiger partial charge in [-0.05, 0) is 36.4 Å². The second-order valence-electron chi connectivity index (χ2n) is 3.39. The molecular formula is C13H12FNO4. The molecule has 5 nitrogen and oxygen atoms in total. The summed E-state index contributed by atoms with van der Waals surface area (Å²) in [6, 6.07) is 5.59. The Morgan fingerprint density at radius 1 is 1.32 bits per heavy atom. The zero-order chi connectivity index (χ0) is 14.3. The number of hydrogen-bond acceptors (Lipinski definition) is 4. The van der Waals surface area contributed by atoms with E-state index in [1.54, 1.807) is 0 Å². The number of halogens is 1. The molecule has 19 heavy (non-hydrogen) atoms. The molecule has 0 aromatic heterocycles. The number of ether oxygens (including phenoxy) is 1. The van der Waals surface area contributed by atoms with Gasteiger partial charge in [0.2, 0.25) is 0 Å². The van der Waals surface area contributed by atoms with Crippen molar-refractivity contribution in [1.29, 1.82) is 0 Å². The highest BCUT2D eigenvalue weighted by molar-refractivity contribution is 6.13.